The standard InChI is InChI=1S/C14H13ClF3N3O2/c1-9-12(15)8-19-21(9)7-6-13(22)20-10-2-4-11(5-3-10)23-14(16,17)18/h2-5,8H,6-7H2,1H3,(H,20,22). The number of hydrogen-bond acceptors (Lipinski definition) is 3. The molecule has 1 aromatic carbocycles. The van der Waals surface area contributed by atoms with Gasteiger partial charge in [-0.2, -0.15) is 5.10 Å². The molecule has 0 spiro atoms. The Kier molecular flexibility index (Phi) is 5.15. The van der Waals surface area contributed by atoms with Crippen LogP contribution in [0.5, 0.6) is 5.75 Å². The molecule has 0 aliphatic heterocycles. The molecule has 1 amide bonds. The molecule has 0 saturated heterocycles. The Morgan fingerprint density at radius 1 is 1.35 bits per heavy atom. The number of aromatic nitrogens is 2. The van der Waals surface area contributed by atoms with Crippen LogP contribution in [0, 0.1) is 6.92 Å². The van der Waals surface area contributed by atoms with Gasteiger partial charge in [-0.3, -0.25) is 9.48 Å². The zero-order valence-corrected chi connectivity index (χ0v) is 12.8. The monoisotopic (exact) mass is 347 g/mol. The van der Waals surface area contributed by atoms with Crippen LogP contribution in [0.2, 0.25) is 5.02 Å². The summed E-state index contributed by atoms with van der Waals surface area (Å²) in [5.74, 6) is -0.641. The summed E-state index contributed by atoms with van der Waals surface area (Å²) in [6, 6.07) is 4.91. The highest BCUT2D eigenvalue weighted by molar-refractivity contribution is 6.31. The van der Waals surface area contributed by atoms with Gasteiger partial charge in [-0.15, -0.1) is 13.2 Å². The van der Waals surface area contributed by atoms with Crippen LogP contribution in [0.25, 0.3) is 0 Å². The number of carbonyl (C=O) groups is 1. The second-order valence-electron chi connectivity index (χ2n) is 4.67. The van der Waals surface area contributed by atoms with Crippen LogP contribution in [0.1, 0.15) is 12.1 Å². The van der Waals surface area contributed by atoms with E-state index < -0.39 is 6.36 Å². The molecule has 1 heterocycles. The fraction of sp³-hybridized carbons (Fsp3) is 0.286. The second-order valence-corrected chi connectivity index (χ2v) is 5.08. The molecule has 124 valence electrons. The summed E-state index contributed by atoms with van der Waals surface area (Å²) in [4.78, 5) is 11.8. The Morgan fingerprint density at radius 2 is 2.00 bits per heavy atom. The molecule has 23 heavy (non-hydrogen) atoms. The van der Waals surface area contributed by atoms with Crippen molar-refractivity contribution in [1.29, 1.82) is 0 Å². The molecule has 0 bridgehead atoms. The molecule has 0 aliphatic carbocycles. The maximum absolute atomic E-state index is 12.0. The summed E-state index contributed by atoms with van der Waals surface area (Å²) in [6.07, 6.45) is -3.10. The molecule has 0 unspecified atom stereocenters. The third-order valence-electron chi connectivity index (χ3n) is 2.97. The van der Waals surface area contributed by atoms with Crippen LogP contribution < -0.4 is 10.1 Å². The highest BCUT2D eigenvalue weighted by Crippen LogP contribution is 2.24. The van der Waals surface area contributed by atoms with Gasteiger partial charge >= 0.3 is 6.36 Å². The SMILES string of the molecule is Cc1c(Cl)cnn1CCC(=O)Nc1ccc(OC(F)(F)F)cc1. The predicted molar refractivity (Wildman–Crippen MR) is 78.3 cm³/mol. The van der Waals surface area contributed by atoms with Gasteiger partial charge in [0.05, 0.1) is 23.5 Å². The minimum absolute atomic E-state index is 0.152. The molecule has 1 aromatic heterocycles. The Labute approximate surface area is 135 Å². The molecule has 0 radical (unpaired) electrons. The van der Waals surface area contributed by atoms with E-state index >= 15 is 0 Å². The van der Waals surface area contributed by atoms with Crippen LogP contribution in [0.4, 0.5) is 18.9 Å². The molecule has 0 fully saturated rings. The van der Waals surface area contributed by atoms with E-state index in [-0.39, 0.29) is 18.1 Å². The van der Waals surface area contributed by atoms with Crippen LogP contribution in [-0.2, 0) is 11.3 Å². The number of rotatable bonds is 5. The number of benzene rings is 1. The number of halogens is 4. The Bertz CT molecular complexity index is 684. The summed E-state index contributed by atoms with van der Waals surface area (Å²) < 4.78 is 41.5. The molecule has 2 aromatic rings. The summed E-state index contributed by atoms with van der Waals surface area (Å²) in [5.41, 5.74) is 1.13. The number of amides is 1. The van der Waals surface area contributed by atoms with Crippen molar-refractivity contribution in [1.82, 2.24) is 9.78 Å². The van der Waals surface area contributed by atoms with Crippen molar-refractivity contribution in [3.63, 3.8) is 0 Å². The number of hydrogen-bond donors (Lipinski definition) is 1. The number of aryl methyl sites for hydroxylation is 1. The molecule has 9 heteroatoms. The molecule has 1 N–H and O–H groups in total. The van der Waals surface area contributed by atoms with Crippen molar-refractivity contribution < 1.29 is 22.7 Å². The van der Waals surface area contributed by atoms with Crippen molar-refractivity contribution in [2.45, 2.75) is 26.3 Å². The number of alkyl halides is 3. The average molecular weight is 348 g/mol. The first-order valence-corrected chi connectivity index (χ1v) is 6.96. The van der Waals surface area contributed by atoms with Crippen molar-refractivity contribution >= 4 is 23.2 Å². The summed E-state index contributed by atoms with van der Waals surface area (Å²) in [7, 11) is 0. The van der Waals surface area contributed by atoms with Gasteiger partial charge in [0.1, 0.15) is 5.75 Å². The van der Waals surface area contributed by atoms with Crippen LogP contribution in [0.3, 0.4) is 0 Å². The van der Waals surface area contributed by atoms with E-state index in [4.69, 9.17) is 11.6 Å². The first-order chi connectivity index (χ1) is 10.7. The van der Waals surface area contributed by atoms with E-state index in [9.17, 15) is 18.0 Å². The van der Waals surface area contributed by atoms with Gasteiger partial charge in [-0.1, -0.05) is 11.6 Å². The topological polar surface area (TPSA) is 56.2 Å². The number of ether oxygens (including phenoxy) is 1. The van der Waals surface area contributed by atoms with Gasteiger partial charge in [0.2, 0.25) is 5.91 Å². The van der Waals surface area contributed by atoms with Crippen molar-refractivity contribution in [2.75, 3.05) is 5.32 Å². The van der Waals surface area contributed by atoms with Gasteiger partial charge in [0, 0.05) is 12.1 Å². The third kappa shape index (κ3) is 5.17. The first kappa shape index (κ1) is 17.1. The van der Waals surface area contributed by atoms with Gasteiger partial charge < -0.3 is 10.1 Å². The fourth-order valence-electron chi connectivity index (χ4n) is 1.82. The zero-order chi connectivity index (χ0) is 17.0. The highest BCUT2D eigenvalue weighted by Gasteiger charge is 2.30. The van der Waals surface area contributed by atoms with Gasteiger partial charge in [-0.25, -0.2) is 0 Å². The van der Waals surface area contributed by atoms with Crippen molar-refractivity contribution in [3.05, 3.63) is 41.2 Å². The zero-order valence-electron chi connectivity index (χ0n) is 12.0. The lowest BCUT2D eigenvalue weighted by Crippen LogP contribution is -2.17. The minimum Gasteiger partial charge on any atom is -0.406 e. The van der Waals surface area contributed by atoms with Crippen LogP contribution in [0.15, 0.2) is 30.5 Å². The number of nitrogens with one attached hydrogen (secondary N) is 1. The molecule has 2 rings (SSSR count). The first-order valence-electron chi connectivity index (χ1n) is 6.58. The largest absolute Gasteiger partial charge is 0.573 e. The van der Waals surface area contributed by atoms with E-state index in [1.165, 1.54) is 18.3 Å². The van der Waals surface area contributed by atoms with Gasteiger partial charge in [0.25, 0.3) is 0 Å². The Morgan fingerprint density at radius 3 is 2.52 bits per heavy atom. The summed E-state index contributed by atoms with van der Waals surface area (Å²) in [6.45, 7) is 2.13. The van der Waals surface area contributed by atoms with E-state index in [0.717, 1.165) is 17.8 Å². The van der Waals surface area contributed by atoms with Crippen molar-refractivity contribution in [3.8, 4) is 5.75 Å². The van der Waals surface area contributed by atoms with E-state index in [0.29, 0.717) is 17.3 Å². The highest BCUT2D eigenvalue weighted by atomic mass is 35.5. The van der Waals surface area contributed by atoms with Gasteiger partial charge in [-0.05, 0) is 31.2 Å². The van der Waals surface area contributed by atoms with Crippen LogP contribution in [-0.4, -0.2) is 22.1 Å². The predicted octanol–water partition coefficient (Wildman–Crippen LogP) is 3.77. The molecule has 0 saturated carbocycles. The molecule has 0 aliphatic rings. The lowest BCUT2D eigenvalue weighted by atomic mass is 10.3. The molecule has 5 nitrogen and oxygen atoms in total. The smallest absolute Gasteiger partial charge is 0.406 e. The fourth-order valence-corrected chi connectivity index (χ4v) is 1.96. The maximum atomic E-state index is 12.0. The molecular weight excluding hydrogens is 335 g/mol. The van der Waals surface area contributed by atoms with Crippen LogP contribution >= 0.6 is 11.6 Å². The quantitative estimate of drug-likeness (QED) is 0.895. The molecule has 0 atom stereocenters. The number of anilines is 1. The van der Waals surface area contributed by atoms with Gasteiger partial charge in [0.15, 0.2) is 0 Å². The van der Waals surface area contributed by atoms with E-state index in [2.05, 4.69) is 15.2 Å². The summed E-state index contributed by atoms with van der Waals surface area (Å²) >= 11 is 5.86. The normalized spacial score (nSPS) is 11.3. The maximum Gasteiger partial charge on any atom is 0.573 e. The lowest BCUT2D eigenvalue weighted by molar-refractivity contribution is -0.274. The van der Waals surface area contributed by atoms with Crippen molar-refractivity contribution in [2.24, 2.45) is 0 Å². The lowest BCUT2D eigenvalue weighted by Gasteiger charge is -2.10. The number of nitrogens with zero attached hydrogens (tertiary/aromatic N) is 2. The van der Waals surface area contributed by atoms with E-state index in [1.54, 1.807) is 11.6 Å². The van der Waals surface area contributed by atoms with E-state index in [1.807, 2.05) is 0 Å². The average Bonchev–Trinajstić information content (AvgIpc) is 2.77. The molecular formula is C14H13ClF3N3O2. The Hall–Kier alpha value is -2.22. The summed E-state index contributed by atoms with van der Waals surface area (Å²) in [5, 5.41) is 7.12. The second kappa shape index (κ2) is 6.91. The third-order valence-corrected chi connectivity index (χ3v) is 3.34. The minimum atomic E-state index is -4.74. The number of carbonyl (C=O) groups excluding carboxylic acids is 1. The Balaban J connectivity index is 1.86.